The fourth-order valence-electron chi connectivity index (χ4n) is 5.17. The summed E-state index contributed by atoms with van der Waals surface area (Å²) in [7, 11) is 0. The molecule has 1 fully saturated rings. The summed E-state index contributed by atoms with van der Waals surface area (Å²) in [5.41, 5.74) is 4.53. The summed E-state index contributed by atoms with van der Waals surface area (Å²) in [6.07, 6.45) is 1.96. The molecule has 7 nitrogen and oxygen atoms in total. The van der Waals surface area contributed by atoms with Gasteiger partial charge in [0.2, 0.25) is 5.91 Å². The average Bonchev–Trinajstić information content (AvgIpc) is 3.43. The molecule has 2 aromatic carbocycles. The maximum absolute atomic E-state index is 13.0. The van der Waals surface area contributed by atoms with E-state index in [1.54, 1.807) is 0 Å². The highest BCUT2D eigenvalue weighted by Gasteiger charge is 2.37. The van der Waals surface area contributed by atoms with E-state index in [-0.39, 0.29) is 24.3 Å². The first-order chi connectivity index (χ1) is 16.4. The van der Waals surface area contributed by atoms with Crippen LogP contribution in [0.1, 0.15) is 56.6 Å². The number of hydrogen-bond acceptors (Lipinski definition) is 4. The molecule has 180 valence electrons. The Morgan fingerprint density at radius 3 is 2.24 bits per heavy atom. The third-order valence-electron chi connectivity index (χ3n) is 7.27. The predicted molar refractivity (Wildman–Crippen MR) is 128 cm³/mol. The molecule has 0 radical (unpaired) electrons. The molecular weight excluding hydrogens is 432 g/mol. The normalized spacial score (nSPS) is 20.6. The standard InChI is InChI=1S/C27H32N2O5/c1-3-16(2)24(25(30)28-23-14-8-13-21(23)26(31)32)29-27(33)34-15-22-19-11-6-4-9-17(19)18-10-5-7-12-20(18)22/h4-7,9-12,16,21-24H,3,8,13-15H2,1-2H3,(H,28,30)(H,29,33)(H,31,32)/t16-,21+,23-,24-/m0/s1. The largest absolute Gasteiger partial charge is 0.481 e. The number of carbonyl (C=O) groups excluding carboxylic acids is 2. The highest BCUT2D eigenvalue weighted by atomic mass is 16.5. The van der Waals surface area contributed by atoms with Gasteiger partial charge in [0.25, 0.3) is 0 Å². The molecule has 0 heterocycles. The van der Waals surface area contributed by atoms with Crippen LogP contribution in [0, 0.1) is 11.8 Å². The number of carboxylic acid groups (broad SMARTS) is 1. The van der Waals surface area contributed by atoms with Gasteiger partial charge in [-0.1, -0.05) is 75.2 Å². The van der Waals surface area contributed by atoms with Crippen molar-refractivity contribution in [2.45, 2.75) is 57.5 Å². The molecule has 3 N–H and O–H groups in total. The van der Waals surface area contributed by atoms with E-state index in [4.69, 9.17) is 4.74 Å². The Balaban J connectivity index is 1.41. The van der Waals surface area contributed by atoms with Crippen LogP contribution in [0.4, 0.5) is 4.79 Å². The van der Waals surface area contributed by atoms with Crippen LogP contribution in [0.5, 0.6) is 0 Å². The summed E-state index contributed by atoms with van der Waals surface area (Å²) in [6.45, 7) is 4.00. The predicted octanol–water partition coefficient (Wildman–Crippen LogP) is 4.31. The molecule has 2 aromatic rings. The molecular formula is C27H32N2O5. The van der Waals surface area contributed by atoms with Gasteiger partial charge in [-0.3, -0.25) is 9.59 Å². The Morgan fingerprint density at radius 1 is 1.03 bits per heavy atom. The molecule has 1 saturated carbocycles. The second kappa shape index (κ2) is 10.3. The quantitative estimate of drug-likeness (QED) is 0.540. The minimum absolute atomic E-state index is 0.0659. The first-order valence-electron chi connectivity index (χ1n) is 12.0. The molecule has 7 heteroatoms. The number of amides is 2. The summed E-state index contributed by atoms with van der Waals surface area (Å²) in [6, 6.07) is 15.0. The summed E-state index contributed by atoms with van der Waals surface area (Å²) >= 11 is 0. The number of benzene rings is 2. The molecule has 0 saturated heterocycles. The van der Waals surface area contributed by atoms with Gasteiger partial charge < -0.3 is 20.5 Å². The van der Waals surface area contributed by atoms with Crippen LogP contribution in [0.25, 0.3) is 11.1 Å². The average molecular weight is 465 g/mol. The van der Waals surface area contributed by atoms with Crippen LogP contribution < -0.4 is 10.6 Å². The number of rotatable bonds is 8. The van der Waals surface area contributed by atoms with Crippen molar-refractivity contribution >= 4 is 18.0 Å². The molecule has 0 spiro atoms. The summed E-state index contributed by atoms with van der Waals surface area (Å²) in [4.78, 5) is 37.3. The zero-order valence-electron chi connectivity index (χ0n) is 19.6. The lowest BCUT2D eigenvalue weighted by Gasteiger charge is -2.26. The fraction of sp³-hybridized carbons (Fsp3) is 0.444. The van der Waals surface area contributed by atoms with E-state index < -0.39 is 30.1 Å². The van der Waals surface area contributed by atoms with E-state index in [0.29, 0.717) is 19.3 Å². The third kappa shape index (κ3) is 4.79. The minimum atomic E-state index is -0.896. The first kappa shape index (κ1) is 23.8. The van der Waals surface area contributed by atoms with Gasteiger partial charge in [-0.25, -0.2) is 4.79 Å². The molecule has 4 rings (SSSR count). The Morgan fingerprint density at radius 2 is 1.65 bits per heavy atom. The van der Waals surface area contributed by atoms with Crippen molar-refractivity contribution in [2.75, 3.05) is 6.61 Å². The Kier molecular flexibility index (Phi) is 7.20. The SMILES string of the molecule is CC[C@H](C)[C@H](NC(=O)OCC1c2ccccc2-c2ccccc21)C(=O)N[C@H]1CCC[C@H]1C(=O)O. The van der Waals surface area contributed by atoms with Gasteiger partial charge >= 0.3 is 12.1 Å². The van der Waals surface area contributed by atoms with Gasteiger partial charge in [0, 0.05) is 12.0 Å². The monoisotopic (exact) mass is 464 g/mol. The van der Waals surface area contributed by atoms with E-state index in [2.05, 4.69) is 34.9 Å². The van der Waals surface area contributed by atoms with Crippen molar-refractivity contribution in [1.82, 2.24) is 10.6 Å². The molecule has 2 aliphatic carbocycles. The lowest BCUT2D eigenvalue weighted by atomic mass is 9.97. The van der Waals surface area contributed by atoms with E-state index in [0.717, 1.165) is 28.7 Å². The molecule has 2 amide bonds. The highest BCUT2D eigenvalue weighted by Crippen LogP contribution is 2.44. The van der Waals surface area contributed by atoms with Crippen LogP contribution in [0.2, 0.25) is 0 Å². The molecule has 34 heavy (non-hydrogen) atoms. The van der Waals surface area contributed by atoms with E-state index in [1.165, 1.54) is 0 Å². The van der Waals surface area contributed by atoms with Gasteiger partial charge in [-0.05, 0) is 41.0 Å². The lowest BCUT2D eigenvalue weighted by Crippen LogP contribution is -2.53. The van der Waals surface area contributed by atoms with Crippen LogP contribution >= 0.6 is 0 Å². The van der Waals surface area contributed by atoms with Gasteiger partial charge in [0.1, 0.15) is 12.6 Å². The van der Waals surface area contributed by atoms with Crippen LogP contribution in [0.15, 0.2) is 48.5 Å². The topological polar surface area (TPSA) is 105 Å². The second-order valence-electron chi connectivity index (χ2n) is 9.32. The van der Waals surface area contributed by atoms with E-state index >= 15 is 0 Å². The van der Waals surface area contributed by atoms with E-state index in [9.17, 15) is 19.5 Å². The highest BCUT2D eigenvalue weighted by molar-refractivity contribution is 5.87. The van der Waals surface area contributed by atoms with Gasteiger partial charge in [0.15, 0.2) is 0 Å². The Hall–Kier alpha value is -3.35. The van der Waals surface area contributed by atoms with Gasteiger partial charge in [-0.2, -0.15) is 0 Å². The van der Waals surface area contributed by atoms with Crippen molar-refractivity contribution in [3.05, 3.63) is 59.7 Å². The van der Waals surface area contributed by atoms with Crippen LogP contribution in [-0.2, 0) is 14.3 Å². The summed E-state index contributed by atoms with van der Waals surface area (Å²) < 4.78 is 5.62. The Labute approximate surface area is 199 Å². The number of carbonyl (C=O) groups is 3. The number of carboxylic acids is 1. The van der Waals surface area contributed by atoms with E-state index in [1.807, 2.05) is 38.1 Å². The molecule has 0 aliphatic heterocycles. The van der Waals surface area contributed by atoms with Crippen molar-refractivity contribution in [3.8, 4) is 11.1 Å². The maximum Gasteiger partial charge on any atom is 0.407 e. The molecule has 0 bridgehead atoms. The second-order valence-corrected chi connectivity index (χ2v) is 9.32. The number of fused-ring (bicyclic) bond motifs is 3. The van der Waals surface area contributed by atoms with Crippen molar-refractivity contribution < 1.29 is 24.2 Å². The van der Waals surface area contributed by atoms with Crippen molar-refractivity contribution in [1.29, 1.82) is 0 Å². The number of ether oxygens (including phenoxy) is 1. The minimum Gasteiger partial charge on any atom is -0.481 e. The lowest BCUT2D eigenvalue weighted by molar-refractivity contribution is -0.142. The summed E-state index contributed by atoms with van der Waals surface area (Å²) in [5.74, 6) is -2.04. The van der Waals surface area contributed by atoms with Gasteiger partial charge in [-0.15, -0.1) is 0 Å². The maximum atomic E-state index is 13.0. The third-order valence-corrected chi connectivity index (χ3v) is 7.27. The molecule has 2 aliphatic rings. The first-order valence-corrected chi connectivity index (χ1v) is 12.0. The van der Waals surface area contributed by atoms with Crippen molar-refractivity contribution in [3.63, 3.8) is 0 Å². The van der Waals surface area contributed by atoms with Crippen molar-refractivity contribution in [2.24, 2.45) is 11.8 Å². The smallest absolute Gasteiger partial charge is 0.407 e. The van der Waals surface area contributed by atoms with Crippen LogP contribution in [-0.4, -0.2) is 41.8 Å². The fourth-order valence-corrected chi connectivity index (χ4v) is 5.17. The van der Waals surface area contributed by atoms with Gasteiger partial charge in [0.05, 0.1) is 5.92 Å². The number of alkyl carbamates (subject to hydrolysis) is 1. The molecule has 0 unspecified atom stereocenters. The number of hydrogen-bond donors (Lipinski definition) is 3. The van der Waals surface area contributed by atoms with Crippen LogP contribution in [0.3, 0.4) is 0 Å². The number of aliphatic carboxylic acids is 1. The number of nitrogens with one attached hydrogen (secondary N) is 2. The Bertz CT molecular complexity index is 1020. The molecule has 4 atom stereocenters. The zero-order chi connectivity index (χ0) is 24.2. The zero-order valence-corrected chi connectivity index (χ0v) is 19.6. The molecule has 0 aromatic heterocycles. The summed E-state index contributed by atoms with van der Waals surface area (Å²) in [5, 5.41) is 15.0.